The standard InChI is InChI=1S/C13H15N3O2/c1-13(7-17-8-13)6-14-11-4-2-10(3-5-11)12-16-15-9-18-12/h2-5,9,14H,6-8H2,1H3. The predicted molar refractivity (Wildman–Crippen MR) is 67.1 cm³/mol. The molecule has 18 heavy (non-hydrogen) atoms. The van der Waals surface area contributed by atoms with E-state index in [0.717, 1.165) is 31.0 Å². The van der Waals surface area contributed by atoms with E-state index < -0.39 is 0 Å². The SMILES string of the molecule is CC1(CNc2ccc(-c3nnco3)cc2)COC1. The van der Waals surface area contributed by atoms with Crippen molar-refractivity contribution < 1.29 is 9.15 Å². The van der Waals surface area contributed by atoms with Crippen LogP contribution in [0.15, 0.2) is 35.1 Å². The minimum Gasteiger partial charge on any atom is -0.423 e. The zero-order valence-electron chi connectivity index (χ0n) is 10.2. The van der Waals surface area contributed by atoms with Gasteiger partial charge in [0.15, 0.2) is 0 Å². The van der Waals surface area contributed by atoms with Crippen LogP contribution >= 0.6 is 0 Å². The van der Waals surface area contributed by atoms with Gasteiger partial charge in [-0.05, 0) is 24.3 Å². The van der Waals surface area contributed by atoms with Crippen molar-refractivity contribution in [3.63, 3.8) is 0 Å². The average Bonchev–Trinajstić information content (AvgIpc) is 2.88. The Balaban J connectivity index is 1.64. The molecule has 0 amide bonds. The average molecular weight is 245 g/mol. The quantitative estimate of drug-likeness (QED) is 0.894. The van der Waals surface area contributed by atoms with Gasteiger partial charge in [-0.1, -0.05) is 6.92 Å². The van der Waals surface area contributed by atoms with Gasteiger partial charge in [0.1, 0.15) is 0 Å². The van der Waals surface area contributed by atoms with E-state index in [0.29, 0.717) is 5.89 Å². The van der Waals surface area contributed by atoms with Gasteiger partial charge in [0.2, 0.25) is 12.3 Å². The second-order valence-electron chi connectivity index (χ2n) is 4.98. The molecule has 94 valence electrons. The van der Waals surface area contributed by atoms with E-state index >= 15 is 0 Å². The minimum absolute atomic E-state index is 0.269. The molecule has 0 unspecified atom stereocenters. The second-order valence-corrected chi connectivity index (χ2v) is 4.98. The lowest BCUT2D eigenvalue weighted by atomic mass is 9.89. The van der Waals surface area contributed by atoms with E-state index in [9.17, 15) is 0 Å². The molecule has 3 rings (SSSR count). The summed E-state index contributed by atoms with van der Waals surface area (Å²) in [5.74, 6) is 0.543. The van der Waals surface area contributed by atoms with Crippen LogP contribution in [0.1, 0.15) is 6.92 Å². The fourth-order valence-corrected chi connectivity index (χ4v) is 1.90. The lowest BCUT2D eigenvalue weighted by Gasteiger charge is -2.38. The Labute approximate surface area is 105 Å². The van der Waals surface area contributed by atoms with Gasteiger partial charge >= 0.3 is 0 Å². The fourth-order valence-electron chi connectivity index (χ4n) is 1.90. The number of hydrogen-bond donors (Lipinski definition) is 1. The Bertz CT molecular complexity index is 504. The number of anilines is 1. The number of nitrogens with zero attached hydrogens (tertiary/aromatic N) is 2. The van der Waals surface area contributed by atoms with Crippen LogP contribution in [0.5, 0.6) is 0 Å². The molecule has 0 bridgehead atoms. The Morgan fingerprint density at radius 3 is 2.61 bits per heavy atom. The maximum absolute atomic E-state index is 5.23. The van der Waals surface area contributed by atoms with E-state index in [1.807, 2.05) is 24.3 Å². The molecule has 2 heterocycles. The molecule has 0 aliphatic carbocycles. The largest absolute Gasteiger partial charge is 0.423 e. The van der Waals surface area contributed by atoms with Gasteiger partial charge in [-0.2, -0.15) is 0 Å². The molecular formula is C13H15N3O2. The molecule has 0 saturated carbocycles. The Hall–Kier alpha value is -1.88. The van der Waals surface area contributed by atoms with Crippen LogP contribution in [0, 0.1) is 5.41 Å². The van der Waals surface area contributed by atoms with E-state index in [1.165, 1.54) is 6.39 Å². The molecule has 1 fully saturated rings. The Morgan fingerprint density at radius 1 is 1.28 bits per heavy atom. The van der Waals surface area contributed by atoms with E-state index in [-0.39, 0.29) is 5.41 Å². The first-order valence-electron chi connectivity index (χ1n) is 5.93. The number of benzene rings is 1. The van der Waals surface area contributed by atoms with Gasteiger partial charge in [0.25, 0.3) is 0 Å². The molecule has 5 heteroatoms. The van der Waals surface area contributed by atoms with Crippen molar-refractivity contribution in [3.05, 3.63) is 30.7 Å². The van der Waals surface area contributed by atoms with Gasteiger partial charge in [0.05, 0.1) is 13.2 Å². The van der Waals surface area contributed by atoms with Gasteiger partial charge < -0.3 is 14.5 Å². The van der Waals surface area contributed by atoms with Crippen LogP contribution < -0.4 is 5.32 Å². The van der Waals surface area contributed by atoms with Crippen LogP contribution in [0.3, 0.4) is 0 Å². The highest BCUT2D eigenvalue weighted by molar-refractivity contribution is 5.58. The first kappa shape index (κ1) is 11.2. The first-order chi connectivity index (χ1) is 8.75. The summed E-state index contributed by atoms with van der Waals surface area (Å²) in [5.41, 5.74) is 2.29. The summed E-state index contributed by atoms with van der Waals surface area (Å²) in [6.45, 7) is 4.81. The molecule has 1 aromatic carbocycles. The monoisotopic (exact) mass is 245 g/mol. The highest BCUT2D eigenvalue weighted by Gasteiger charge is 2.32. The van der Waals surface area contributed by atoms with Crippen LogP contribution in [0.2, 0.25) is 0 Å². The van der Waals surface area contributed by atoms with Crippen molar-refractivity contribution in [3.8, 4) is 11.5 Å². The molecule has 1 saturated heterocycles. The number of ether oxygens (including phenoxy) is 1. The lowest BCUT2D eigenvalue weighted by molar-refractivity contribution is -0.0924. The topological polar surface area (TPSA) is 60.2 Å². The highest BCUT2D eigenvalue weighted by Crippen LogP contribution is 2.27. The number of aromatic nitrogens is 2. The van der Waals surface area contributed by atoms with Crippen molar-refractivity contribution in [1.82, 2.24) is 10.2 Å². The molecule has 0 atom stereocenters. The van der Waals surface area contributed by atoms with Crippen molar-refractivity contribution in [1.29, 1.82) is 0 Å². The van der Waals surface area contributed by atoms with Crippen molar-refractivity contribution in [2.24, 2.45) is 5.41 Å². The number of nitrogens with one attached hydrogen (secondary N) is 1. The Kier molecular flexibility index (Phi) is 2.76. The number of rotatable bonds is 4. The maximum atomic E-state index is 5.23. The van der Waals surface area contributed by atoms with E-state index in [2.05, 4.69) is 22.4 Å². The van der Waals surface area contributed by atoms with Crippen molar-refractivity contribution in [2.75, 3.05) is 25.1 Å². The van der Waals surface area contributed by atoms with Crippen LogP contribution in [0.25, 0.3) is 11.5 Å². The van der Waals surface area contributed by atoms with Gasteiger partial charge in [0, 0.05) is 23.2 Å². The third kappa shape index (κ3) is 2.22. The van der Waals surface area contributed by atoms with Gasteiger partial charge in [-0.25, -0.2) is 0 Å². The summed E-state index contributed by atoms with van der Waals surface area (Å²) >= 11 is 0. The molecule has 0 spiro atoms. The van der Waals surface area contributed by atoms with Gasteiger partial charge in [-0.3, -0.25) is 0 Å². The smallest absolute Gasteiger partial charge is 0.247 e. The maximum Gasteiger partial charge on any atom is 0.247 e. The summed E-state index contributed by atoms with van der Waals surface area (Å²) in [4.78, 5) is 0. The van der Waals surface area contributed by atoms with Crippen molar-refractivity contribution in [2.45, 2.75) is 6.92 Å². The molecule has 1 aliphatic heterocycles. The lowest BCUT2D eigenvalue weighted by Crippen LogP contribution is -2.45. The zero-order chi connectivity index (χ0) is 12.4. The predicted octanol–water partition coefficient (Wildman–Crippen LogP) is 2.18. The summed E-state index contributed by atoms with van der Waals surface area (Å²) in [7, 11) is 0. The fraction of sp³-hybridized carbons (Fsp3) is 0.385. The molecule has 1 N–H and O–H groups in total. The normalized spacial score (nSPS) is 17.2. The summed E-state index contributed by atoms with van der Waals surface area (Å²) in [6.07, 6.45) is 1.33. The first-order valence-corrected chi connectivity index (χ1v) is 5.93. The van der Waals surface area contributed by atoms with Gasteiger partial charge in [-0.15, -0.1) is 10.2 Å². The van der Waals surface area contributed by atoms with E-state index in [1.54, 1.807) is 0 Å². The summed E-state index contributed by atoms with van der Waals surface area (Å²) < 4.78 is 10.4. The molecule has 2 aromatic rings. The molecule has 1 aliphatic rings. The van der Waals surface area contributed by atoms with Crippen LogP contribution in [-0.2, 0) is 4.74 Å². The minimum atomic E-state index is 0.269. The number of hydrogen-bond acceptors (Lipinski definition) is 5. The van der Waals surface area contributed by atoms with Crippen LogP contribution in [0.4, 0.5) is 5.69 Å². The summed E-state index contributed by atoms with van der Waals surface area (Å²) in [6, 6.07) is 7.97. The zero-order valence-corrected chi connectivity index (χ0v) is 10.2. The third-order valence-corrected chi connectivity index (χ3v) is 3.11. The summed E-state index contributed by atoms with van der Waals surface area (Å²) in [5, 5.41) is 10.9. The molecule has 1 aromatic heterocycles. The second kappa shape index (κ2) is 4.42. The molecular weight excluding hydrogens is 230 g/mol. The highest BCUT2D eigenvalue weighted by atomic mass is 16.5. The van der Waals surface area contributed by atoms with Crippen LogP contribution in [-0.4, -0.2) is 30.0 Å². The molecule has 5 nitrogen and oxygen atoms in total. The Morgan fingerprint density at radius 2 is 2.06 bits per heavy atom. The van der Waals surface area contributed by atoms with E-state index in [4.69, 9.17) is 9.15 Å². The van der Waals surface area contributed by atoms with Crippen molar-refractivity contribution >= 4 is 5.69 Å². The third-order valence-electron chi connectivity index (χ3n) is 3.11. The molecule has 0 radical (unpaired) electrons.